The molecule has 0 spiro atoms. The predicted octanol–water partition coefficient (Wildman–Crippen LogP) is 9.72. The van der Waals surface area contributed by atoms with Gasteiger partial charge in [-0.1, -0.05) is 130 Å². The molecular weight excluding hydrogens is 1000 g/mol. The lowest BCUT2D eigenvalue weighted by Gasteiger charge is -2.37. The molecule has 2 unspecified atom stereocenters. The highest BCUT2D eigenvalue weighted by Gasteiger charge is 2.35. The van der Waals surface area contributed by atoms with Gasteiger partial charge in [-0.25, -0.2) is 14.8 Å². The summed E-state index contributed by atoms with van der Waals surface area (Å²) in [5.41, 5.74) is 18.6. The number of quaternary nitrogens is 1. The van der Waals surface area contributed by atoms with E-state index in [9.17, 15) is 19.2 Å². The number of nitrogens with one attached hydrogen (secondary N) is 3. The van der Waals surface area contributed by atoms with Crippen molar-refractivity contribution in [3.8, 4) is 5.75 Å². The molecule has 17 nitrogen and oxygen atoms in total. The largest absolute Gasteiger partial charge is 0.513 e. The molecule has 3 amide bonds. The molecule has 3 atom stereocenters. The first-order valence-electron chi connectivity index (χ1n) is 26.7. The monoisotopic (exact) mass is 1090 g/mol. The minimum atomic E-state index is -0.691. The first-order valence-corrected chi connectivity index (χ1v) is 26.7. The van der Waals surface area contributed by atoms with Crippen LogP contribution in [0.3, 0.4) is 0 Å². The fourth-order valence-electron chi connectivity index (χ4n) is 7.72. The van der Waals surface area contributed by atoms with Gasteiger partial charge in [0.1, 0.15) is 30.0 Å². The molecule has 0 aliphatic heterocycles. The fraction of sp³-hybridized carbons (Fsp3) is 0.419. The van der Waals surface area contributed by atoms with Crippen LogP contribution in [0.15, 0.2) is 144 Å². The van der Waals surface area contributed by atoms with Gasteiger partial charge in [0.05, 0.1) is 24.8 Å². The van der Waals surface area contributed by atoms with E-state index >= 15 is 0 Å². The average Bonchev–Trinajstić information content (AvgIpc) is 4.29. The number of alkyl carbamates (subject to hydrolysis) is 1. The van der Waals surface area contributed by atoms with E-state index in [1.165, 1.54) is 34.8 Å². The summed E-state index contributed by atoms with van der Waals surface area (Å²) in [4.78, 5) is 61.9. The Labute approximate surface area is 468 Å². The van der Waals surface area contributed by atoms with E-state index in [1.807, 2.05) is 59.0 Å². The molecule has 0 heterocycles. The summed E-state index contributed by atoms with van der Waals surface area (Å²) in [6, 6.07) is 35.3. The van der Waals surface area contributed by atoms with Crippen molar-refractivity contribution in [2.45, 2.75) is 143 Å². The van der Waals surface area contributed by atoms with Gasteiger partial charge in [0.25, 0.3) is 0 Å². The van der Waals surface area contributed by atoms with Crippen LogP contribution in [0, 0.1) is 5.92 Å². The van der Waals surface area contributed by atoms with Crippen LogP contribution < -0.4 is 37.6 Å². The van der Waals surface area contributed by atoms with E-state index in [1.54, 1.807) is 38.3 Å². The Kier molecular flexibility index (Phi) is 35.1. The average molecular weight is 1090 g/mol. The van der Waals surface area contributed by atoms with Gasteiger partial charge in [0.2, 0.25) is 12.3 Å². The molecule has 17 heteroatoms. The minimum Gasteiger partial charge on any atom is -0.444 e. The van der Waals surface area contributed by atoms with Crippen molar-refractivity contribution >= 4 is 42.8 Å². The smallest absolute Gasteiger partial charge is 0.444 e. The maximum atomic E-state index is 11.8. The molecule has 10 N–H and O–H groups in total. The van der Waals surface area contributed by atoms with Crippen LogP contribution >= 0.6 is 0 Å². The summed E-state index contributed by atoms with van der Waals surface area (Å²) < 4.78 is 20.3. The highest BCUT2D eigenvalue weighted by molar-refractivity contribution is 5.79. The van der Waals surface area contributed by atoms with E-state index in [-0.39, 0.29) is 18.0 Å². The predicted molar refractivity (Wildman–Crippen MR) is 310 cm³/mol. The molecule has 0 radical (unpaired) electrons. The number of allylic oxidation sites excluding steroid dienone is 3. The summed E-state index contributed by atoms with van der Waals surface area (Å²) >= 11 is 0. The molecule has 1 saturated carbocycles. The number of benzene rings is 4. The normalized spacial score (nSPS) is 13.1. The van der Waals surface area contributed by atoms with Gasteiger partial charge in [-0.3, -0.25) is 9.59 Å². The number of aryl methyl sites for hydroxylation is 1. The zero-order chi connectivity index (χ0) is 59.1. The van der Waals surface area contributed by atoms with Crippen LogP contribution in [0.4, 0.5) is 15.3 Å². The molecular formula is C62H89N6O11+. The van der Waals surface area contributed by atoms with Crippen LogP contribution in [0.25, 0.3) is 0 Å². The van der Waals surface area contributed by atoms with Gasteiger partial charge < -0.3 is 56.0 Å². The van der Waals surface area contributed by atoms with E-state index in [4.69, 9.17) is 39.5 Å². The molecule has 0 saturated heterocycles. The Morgan fingerprint density at radius 2 is 1.37 bits per heavy atom. The number of unbranched alkanes of at least 4 members (excludes halogenated alkanes) is 1. The Bertz CT molecular complexity index is 2410. The third-order valence-corrected chi connectivity index (χ3v) is 11.7. The number of methoxy groups -OCH3 is 1. The van der Waals surface area contributed by atoms with Crippen molar-refractivity contribution in [2.24, 2.45) is 17.4 Å². The van der Waals surface area contributed by atoms with Crippen molar-refractivity contribution < 1.29 is 58.4 Å². The third-order valence-electron chi connectivity index (χ3n) is 11.7. The number of primary amides is 2. The number of ether oxygens (including phenoxy) is 4. The maximum absolute atomic E-state index is 11.8. The molecule has 432 valence electrons. The van der Waals surface area contributed by atoms with E-state index in [0.29, 0.717) is 37.0 Å². The molecule has 0 bridgehead atoms. The van der Waals surface area contributed by atoms with Crippen LogP contribution in [-0.4, -0.2) is 80.8 Å². The SMILES string of the molecule is CC(NC(=O)OC(C)(C)C)C(N[C@@H](C)C(N)=O)=C1CC1.CC=O.CCCCC(C)COC(=O)Oc1ccc([NH2+]O)cc1.CNC(C1=CCCC=C1)(c1ccccc1)c1ccccc1.COCc1ccc(CCC=O)cc1.NC=O. The summed E-state index contributed by atoms with van der Waals surface area (Å²) in [5, 5.41) is 18.2. The number of aldehydes is 2. The van der Waals surface area contributed by atoms with E-state index in [2.05, 4.69) is 114 Å². The zero-order valence-electron chi connectivity index (χ0n) is 48.1. The number of likely N-dealkylation sites (N-methyl/N-ethyl adjacent to an activating group) is 1. The summed E-state index contributed by atoms with van der Waals surface area (Å²) in [6.45, 7) is 15.6. The zero-order valence-corrected chi connectivity index (χ0v) is 48.1. The number of amides is 3. The quantitative estimate of drug-likeness (QED) is 0.0135. The van der Waals surface area contributed by atoms with Gasteiger partial charge in [-0.15, -0.1) is 0 Å². The van der Waals surface area contributed by atoms with E-state index < -0.39 is 29.8 Å². The molecule has 4 aromatic rings. The van der Waals surface area contributed by atoms with Gasteiger partial charge >= 0.3 is 12.2 Å². The Hall–Kier alpha value is -7.44. The standard InChI is InChI=1S/C20H21N.C14H25N3O3.C14H21NO4.C11H14O2.C2H4O.CH3NO/c1-21-20(17-11-5-2-6-12-17,18-13-7-3-8-14-18)19-15-9-4-10-16-19;1-8(17-13(19)20-14(3,4)5)11(10-6-7-10)16-9(2)12(15)18;1-3-4-5-11(2)10-18-14(16)19-13-8-6-12(15-17)7-9-13;1-13-9-11-6-4-10(5-7-11)3-2-8-12;1-2-3;2-1-3/h2-3,5-9,11-16,21H,4,10H2,1H3;8-9,16H,6-7H2,1-5H3,(H2,15,18)(H,17,19);6-9,11,15,17H,3-5,10H2,1-2H3;4-8H,2-3,9H2,1H3;2H,1H3;1H,(H2,2,3)/p+1/t;8?,9-;;;;/m.0..../s1. The number of hydrogen-bond donors (Lipinski definition) is 7. The Balaban J connectivity index is 0.000000514. The number of carbonyl (C=O) groups excluding carboxylic acids is 6. The van der Waals surface area contributed by atoms with Crippen molar-refractivity contribution in [3.05, 3.63) is 167 Å². The van der Waals surface area contributed by atoms with Gasteiger partial charge in [-0.05, 0) is 139 Å². The lowest BCUT2D eigenvalue weighted by molar-refractivity contribution is -0.825. The first-order chi connectivity index (χ1) is 37.8. The van der Waals surface area contributed by atoms with Crippen LogP contribution in [0.5, 0.6) is 5.75 Å². The first kappa shape index (κ1) is 69.6. The molecule has 0 aromatic heterocycles. The van der Waals surface area contributed by atoms with Crippen LogP contribution in [0.2, 0.25) is 0 Å². The molecule has 79 heavy (non-hydrogen) atoms. The van der Waals surface area contributed by atoms with Gasteiger partial charge in [-0.2, -0.15) is 5.48 Å². The molecule has 2 aliphatic rings. The van der Waals surface area contributed by atoms with Crippen molar-refractivity contribution in [2.75, 3.05) is 20.8 Å². The molecule has 2 aliphatic carbocycles. The maximum Gasteiger partial charge on any atom is 0.513 e. The lowest BCUT2D eigenvalue weighted by atomic mass is 9.75. The van der Waals surface area contributed by atoms with Crippen molar-refractivity contribution in [1.29, 1.82) is 0 Å². The van der Waals surface area contributed by atoms with Crippen LogP contribution in [-0.2, 0) is 52.0 Å². The molecule has 1 fully saturated rings. The Morgan fingerprint density at radius 3 is 1.81 bits per heavy atom. The molecule has 4 aromatic carbocycles. The number of rotatable bonds is 21. The third kappa shape index (κ3) is 28.7. The summed E-state index contributed by atoms with van der Waals surface area (Å²) in [5.74, 6) is 0.323. The van der Waals surface area contributed by atoms with Crippen molar-refractivity contribution in [1.82, 2.24) is 16.0 Å². The number of carbonyl (C=O) groups is 6. The number of hydrogen-bond acceptors (Lipinski definition) is 13. The van der Waals surface area contributed by atoms with Crippen molar-refractivity contribution in [3.63, 3.8) is 0 Å². The number of nitrogens with two attached hydrogens (primary N) is 3. The van der Waals surface area contributed by atoms with E-state index in [0.717, 1.165) is 80.7 Å². The second-order valence-corrected chi connectivity index (χ2v) is 19.5. The minimum absolute atomic E-state index is 0.246. The lowest BCUT2D eigenvalue weighted by Crippen LogP contribution is -2.73. The summed E-state index contributed by atoms with van der Waals surface area (Å²) in [6.07, 6.45) is 16.6. The summed E-state index contributed by atoms with van der Waals surface area (Å²) in [7, 11) is 3.73. The highest BCUT2D eigenvalue weighted by Crippen LogP contribution is 2.38. The highest BCUT2D eigenvalue weighted by atomic mass is 16.7. The second kappa shape index (κ2) is 39.9. The second-order valence-electron chi connectivity index (χ2n) is 19.5. The topological polar surface area (TPSA) is 264 Å². The Morgan fingerprint density at radius 1 is 0.810 bits per heavy atom. The van der Waals surface area contributed by atoms with Gasteiger partial charge in [0, 0.05) is 31.4 Å². The fourth-order valence-corrected chi connectivity index (χ4v) is 7.72. The molecule has 6 rings (SSSR count). The van der Waals surface area contributed by atoms with Crippen LogP contribution in [0.1, 0.15) is 129 Å². The van der Waals surface area contributed by atoms with Gasteiger partial charge in [0.15, 0.2) is 5.69 Å².